The third kappa shape index (κ3) is 3.93. The van der Waals surface area contributed by atoms with Gasteiger partial charge in [-0.25, -0.2) is 17.8 Å². The van der Waals surface area contributed by atoms with Gasteiger partial charge in [-0.1, -0.05) is 0 Å². The minimum Gasteiger partial charge on any atom is -0.388 e. The van der Waals surface area contributed by atoms with Crippen molar-refractivity contribution < 1.29 is 17.9 Å². The molecule has 2 aromatic rings. The average Bonchev–Trinajstić information content (AvgIpc) is 3.01. The number of piperidine rings is 1. The van der Waals surface area contributed by atoms with Crippen molar-refractivity contribution in [3.05, 3.63) is 28.7 Å². The minimum atomic E-state index is -3.44. The maximum absolute atomic E-state index is 14.6. The van der Waals surface area contributed by atoms with Crippen LogP contribution in [0, 0.1) is 0 Å². The molecule has 1 saturated heterocycles. The van der Waals surface area contributed by atoms with E-state index >= 15 is 0 Å². The molecule has 0 amide bonds. The van der Waals surface area contributed by atoms with E-state index in [1.54, 1.807) is 19.2 Å². The summed E-state index contributed by atoms with van der Waals surface area (Å²) in [5.41, 5.74) is -0.889. The number of hydrogen-bond donors (Lipinski definition) is 2. The number of sulfonamides is 1. The van der Waals surface area contributed by atoms with E-state index in [0.717, 1.165) is 17.0 Å². The number of nitrogens with one attached hydrogen (secondary N) is 1. The Labute approximate surface area is 174 Å². The van der Waals surface area contributed by atoms with Crippen molar-refractivity contribution in [3.8, 4) is 0 Å². The fraction of sp³-hybridized carbons (Fsp3) is 0.632. The molecule has 0 bridgehead atoms. The monoisotopic (exact) mass is 439 g/mol. The smallest absolute Gasteiger partial charge is 0.252 e. The molecule has 1 aliphatic carbocycles. The quantitative estimate of drug-likeness (QED) is 0.731. The van der Waals surface area contributed by atoms with Crippen LogP contribution in [0.25, 0.3) is 11.0 Å². The predicted molar refractivity (Wildman–Crippen MR) is 111 cm³/mol. The fourth-order valence-corrected chi connectivity index (χ4v) is 5.30. The van der Waals surface area contributed by atoms with Crippen molar-refractivity contribution in [2.45, 2.75) is 56.5 Å². The second-order valence-corrected chi connectivity index (χ2v) is 10.4. The molecule has 11 heteroatoms. The van der Waals surface area contributed by atoms with E-state index in [-0.39, 0.29) is 31.0 Å². The third-order valence-electron chi connectivity index (χ3n) is 6.14. The average molecular weight is 440 g/mol. The van der Waals surface area contributed by atoms with Crippen LogP contribution in [-0.4, -0.2) is 69.5 Å². The van der Waals surface area contributed by atoms with Gasteiger partial charge in [0.15, 0.2) is 0 Å². The van der Waals surface area contributed by atoms with Crippen LogP contribution in [0.1, 0.15) is 38.6 Å². The Morgan fingerprint density at radius 3 is 2.73 bits per heavy atom. The fourth-order valence-electron chi connectivity index (χ4n) is 4.45. The first-order valence-electron chi connectivity index (χ1n) is 10.0. The van der Waals surface area contributed by atoms with Crippen LogP contribution in [0.4, 0.5) is 10.3 Å². The number of rotatable bonds is 4. The highest BCUT2D eigenvalue weighted by Crippen LogP contribution is 2.39. The molecule has 4 rings (SSSR count). The topological polar surface area (TPSA) is 117 Å². The SMILES string of the molecule is C[C@@]1(O)CCC[C@H]1n1c(=O)ccc2cnc(N[C@H]3CCN(S(C)(=O)=O)C[C@H]3F)nc21. The van der Waals surface area contributed by atoms with E-state index in [2.05, 4.69) is 15.3 Å². The molecule has 2 N–H and O–H groups in total. The molecular formula is C19H26FN5O4S. The number of aliphatic hydroxyl groups is 1. The van der Waals surface area contributed by atoms with Gasteiger partial charge in [-0.15, -0.1) is 0 Å². The van der Waals surface area contributed by atoms with Gasteiger partial charge in [-0.05, 0) is 38.7 Å². The number of aromatic nitrogens is 3. The van der Waals surface area contributed by atoms with Crippen LogP contribution in [0.2, 0.25) is 0 Å². The lowest BCUT2D eigenvalue weighted by molar-refractivity contribution is 0.0267. The maximum Gasteiger partial charge on any atom is 0.252 e. The number of pyridine rings is 1. The second-order valence-electron chi connectivity index (χ2n) is 8.46. The Hall–Kier alpha value is -2.11. The molecule has 0 unspecified atom stereocenters. The molecule has 9 nitrogen and oxygen atoms in total. The number of anilines is 1. The van der Waals surface area contributed by atoms with Crippen LogP contribution in [-0.2, 0) is 10.0 Å². The highest BCUT2D eigenvalue weighted by molar-refractivity contribution is 7.88. The maximum atomic E-state index is 14.6. The Kier molecular flexibility index (Phi) is 5.31. The van der Waals surface area contributed by atoms with E-state index in [1.807, 2.05) is 0 Å². The van der Waals surface area contributed by atoms with Gasteiger partial charge in [-0.3, -0.25) is 9.36 Å². The summed E-state index contributed by atoms with van der Waals surface area (Å²) < 4.78 is 40.5. The van der Waals surface area contributed by atoms with Gasteiger partial charge in [0.05, 0.1) is 23.9 Å². The number of hydrogen-bond acceptors (Lipinski definition) is 7. The summed E-state index contributed by atoms with van der Waals surface area (Å²) in [6.07, 6.45) is 3.55. The molecular weight excluding hydrogens is 413 g/mol. The van der Waals surface area contributed by atoms with Gasteiger partial charge in [0.1, 0.15) is 11.8 Å². The zero-order valence-electron chi connectivity index (χ0n) is 17.0. The van der Waals surface area contributed by atoms with Gasteiger partial charge in [-0.2, -0.15) is 9.29 Å². The molecule has 1 aliphatic heterocycles. The van der Waals surface area contributed by atoms with E-state index in [9.17, 15) is 22.7 Å². The lowest BCUT2D eigenvalue weighted by Gasteiger charge is -2.33. The predicted octanol–water partition coefficient (Wildman–Crippen LogP) is 1.05. The van der Waals surface area contributed by atoms with Crippen molar-refractivity contribution in [2.24, 2.45) is 0 Å². The molecule has 0 radical (unpaired) electrons. The minimum absolute atomic E-state index is 0.167. The molecule has 2 aromatic heterocycles. The largest absolute Gasteiger partial charge is 0.388 e. The van der Waals surface area contributed by atoms with Crippen molar-refractivity contribution in [1.29, 1.82) is 0 Å². The molecule has 2 aliphatic rings. The standard InChI is InChI=1S/C19H26FN5O4S/c1-19(27)8-3-4-15(19)25-16(26)6-5-12-10-21-18(23-17(12)25)22-14-7-9-24(11-13(14)20)30(2,28)29/h5-6,10,13-15,27H,3-4,7-9,11H2,1-2H3,(H,21,22,23)/t13-,14+,15-,19-/m1/s1. The Morgan fingerprint density at radius 2 is 2.10 bits per heavy atom. The molecule has 4 atom stereocenters. The van der Waals surface area contributed by atoms with Crippen LogP contribution in [0.15, 0.2) is 23.1 Å². The number of alkyl halides is 1. The van der Waals surface area contributed by atoms with Crippen LogP contribution < -0.4 is 10.9 Å². The first kappa shape index (κ1) is 21.1. The lowest BCUT2D eigenvalue weighted by Crippen LogP contribution is -2.49. The zero-order valence-corrected chi connectivity index (χ0v) is 17.8. The number of fused-ring (bicyclic) bond motifs is 1. The van der Waals surface area contributed by atoms with Crippen LogP contribution in [0.5, 0.6) is 0 Å². The molecule has 3 heterocycles. The van der Waals surface area contributed by atoms with Crippen LogP contribution in [0.3, 0.4) is 0 Å². The van der Waals surface area contributed by atoms with E-state index in [0.29, 0.717) is 23.9 Å². The zero-order chi connectivity index (χ0) is 21.7. The summed E-state index contributed by atoms with van der Waals surface area (Å²) in [6.45, 7) is 1.71. The normalized spacial score (nSPS) is 30.6. The van der Waals surface area contributed by atoms with Crippen molar-refractivity contribution >= 4 is 27.0 Å². The molecule has 164 valence electrons. The van der Waals surface area contributed by atoms with Gasteiger partial charge in [0.25, 0.3) is 5.56 Å². The first-order chi connectivity index (χ1) is 14.1. The summed E-state index contributed by atoms with van der Waals surface area (Å²) in [5, 5.41) is 14.3. The van der Waals surface area contributed by atoms with Crippen LogP contribution >= 0.6 is 0 Å². The van der Waals surface area contributed by atoms with Gasteiger partial charge in [0, 0.05) is 30.7 Å². The van der Waals surface area contributed by atoms with Crippen molar-refractivity contribution in [3.63, 3.8) is 0 Å². The van der Waals surface area contributed by atoms with Gasteiger partial charge >= 0.3 is 0 Å². The molecule has 30 heavy (non-hydrogen) atoms. The Bertz CT molecular complexity index is 1120. The highest BCUT2D eigenvalue weighted by Gasteiger charge is 2.39. The second kappa shape index (κ2) is 7.54. The summed E-state index contributed by atoms with van der Waals surface area (Å²) in [4.78, 5) is 21.4. The summed E-state index contributed by atoms with van der Waals surface area (Å²) in [6, 6.07) is 2.03. The van der Waals surface area contributed by atoms with Crippen molar-refractivity contribution in [1.82, 2.24) is 18.8 Å². The van der Waals surface area contributed by atoms with Gasteiger partial charge < -0.3 is 10.4 Å². The molecule has 2 fully saturated rings. The lowest BCUT2D eigenvalue weighted by atomic mass is 10.00. The van der Waals surface area contributed by atoms with E-state index in [4.69, 9.17) is 0 Å². The van der Waals surface area contributed by atoms with E-state index in [1.165, 1.54) is 10.6 Å². The third-order valence-corrected chi connectivity index (χ3v) is 7.41. The number of halogens is 1. The summed E-state index contributed by atoms with van der Waals surface area (Å²) in [5.74, 6) is 0.167. The highest BCUT2D eigenvalue weighted by atomic mass is 32.2. The first-order valence-corrected chi connectivity index (χ1v) is 11.9. The molecule has 0 spiro atoms. The molecule has 1 saturated carbocycles. The summed E-state index contributed by atoms with van der Waals surface area (Å²) >= 11 is 0. The van der Waals surface area contributed by atoms with E-state index < -0.39 is 33.9 Å². The van der Waals surface area contributed by atoms with Gasteiger partial charge in [0.2, 0.25) is 16.0 Å². The Balaban J connectivity index is 1.64. The molecule has 0 aromatic carbocycles. The summed E-state index contributed by atoms with van der Waals surface area (Å²) in [7, 11) is -3.44. The number of nitrogens with zero attached hydrogens (tertiary/aromatic N) is 4. The van der Waals surface area contributed by atoms with Crippen molar-refractivity contribution in [2.75, 3.05) is 24.7 Å². The Morgan fingerprint density at radius 1 is 1.33 bits per heavy atom.